The molecule has 1 atom stereocenters. The third kappa shape index (κ3) is 2.10. The second kappa shape index (κ2) is 5.24. The molecule has 0 bridgehead atoms. The van der Waals surface area contributed by atoms with E-state index in [9.17, 15) is 4.39 Å². The fourth-order valence-corrected chi connectivity index (χ4v) is 2.62. The van der Waals surface area contributed by atoms with Gasteiger partial charge in [-0.3, -0.25) is 0 Å². The van der Waals surface area contributed by atoms with Crippen molar-refractivity contribution in [3.63, 3.8) is 0 Å². The quantitative estimate of drug-likeness (QED) is 0.874. The van der Waals surface area contributed by atoms with E-state index in [0.29, 0.717) is 25.7 Å². The summed E-state index contributed by atoms with van der Waals surface area (Å²) < 4.78 is 24.2. The third-order valence-electron chi connectivity index (χ3n) is 3.96. The molecular weight excluding hydrogens is 233 g/mol. The van der Waals surface area contributed by atoms with E-state index in [4.69, 9.17) is 15.2 Å². The number of benzene rings is 1. The van der Waals surface area contributed by atoms with Crippen LogP contribution in [0.15, 0.2) is 18.2 Å². The zero-order valence-electron chi connectivity index (χ0n) is 10.9. The summed E-state index contributed by atoms with van der Waals surface area (Å²) >= 11 is 0. The molecular formula is C14H20FNO2. The fourth-order valence-electron chi connectivity index (χ4n) is 2.62. The number of ether oxygens (including phenoxy) is 2. The highest BCUT2D eigenvalue weighted by molar-refractivity contribution is 5.42. The zero-order chi connectivity index (χ0) is 13.2. The van der Waals surface area contributed by atoms with Gasteiger partial charge in [-0.25, -0.2) is 4.39 Å². The molecule has 100 valence electrons. The Morgan fingerprint density at radius 1 is 1.50 bits per heavy atom. The topological polar surface area (TPSA) is 44.5 Å². The van der Waals surface area contributed by atoms with E-state index in [1.807, 2.05) is 0 Å². The monoisotopic (exact) mass is 253 g/mol. The molecule has 1 aliphatic heterocycles. The molecule has 4 heteroatoms. The Labute approximate surface area is 107 Å². The normalized spacial score (nSPS) is 19.1. The summed E-state index contributed by atoms with van der Waals surface area (Å²) in [5, 5.41) is 0. The predicted molar refractivity (Wildman–Crippen MR) is 68.3 cm³/mol. The van der Waals surface area contributed by atoms with Crippen LogP contribution in [0, 0.1) is 11.7 Å². The third-order valence-corrected chi connectivity index (χ3v) is 3.96. The molecule has 2 N–H and O–H groups in total. The minimum absolute atomic E-state index is 0.160. The number of rotatable bonds is 5. The summed E-state index contributed by atoms with van der Waals surface area (Å²) in [6.07, 6.45) is 0.892. The predicted octanol–water partition coefficient (Wildman–Crippen LogP) is 2.09. The van der Waals surface area contributed by atoms with Crippen LogP contribution in [-0.4, -0.2) is 26.9 Å². The lowest BCUT2D eigenvalue weighted by molar-refractivity contribution is -0.0892. The molecule has 3 nitrogen and oxygen atoms in total. The molecule has 0 aromatic heterocycles. The fraction of sp³-hybridized carbons (Fsp3) is 0.571. The first kappa shape index (κ1) is 13.3. The van der Waals surface area contributed by atoms with Crippen molar-refractivity contribution in [1.29, 1.82) is 0 Å². The van der Waals surface area contributed by atoms with Crippen molar-refractivity contribution in [3.05, 3.63) is 29.6 Å². The van der Waals surface area contributed by atoms with Crippen molar-refractivity contribution in [1.82, 2.24) is 0 Å². The summed E-state index contributed by atoms with van der Waals surface area (Å²) in [7, 11) is 1.61. The molecule has 0 amide bonds. The average Bonchev–Trinajstić information content (AvgIpc) is 2.28. The van der Waals surface area contributed by atoms with Crippen LogP contribution < -0.4 is 10.5 Å². The minimum Gasteiger partial charge on any atom is -0.496 e. The van der Waals surface area contributed by atoms with Gasteiger partial charge < -0.3 is 15.2 Å². The van der Waals surface area contributed by atoms with Crippen molar-refractivity contribution in [3.8, 4) is 5.75 Å². The van der Waals surface area contributed by atoms with Gasteiger partial charge in [0.15, 0.2) is 0 Å². The standard InChI is InChI=1S/C14H20FNO2/c1-10(5-6-16)14(8-18-9-14)12-7-11(15)3-4-13(12)17-2/h3-4,7,10H,5-6,8-9,16H2,1-2H3. The van der Waals surface area contributed by atoms with Crippen LogP contribution in [0.1, 0.15) is 18.9 Å². The van der Waals surface area contributed by atoms with Gasteiger partial charge in [-0.1, -0.05) is 6.92 Å². The Balaban J connectivity index is 2.40. The van der Waals surface area contributed by atoms with Crippen LogP contribution in [0.2, 0.25) is 0 Å². The SMILES string of the molecule is COc1ccc(F)cc1C1(C(C)CCN)COC1. The van der Waals surface area contributed by atoms with Crippen LogP contribution in [0.25, 0.3) is 0 Å². The first-order chi connectivity index (χ1) is 8.64. The van der Waals surface area contributed by atoms with E-state index in [2.05, 4.69) is 6.92 Å². The highest BCUT2D eigenvalue weighted by Crippen LogP contribution is 2.44. The van der Waals surface area contributed by atoms with Crippen LogP contribution in [0.4, 0.5) is 4.39 Å². The lowest BCUT2D eigenvalue weighted by Gasteiger charge is -2.47. The summed E-state index contributed by atoms with van der Waals surface area (Å²) in [6.45, 7) is 3.97. The molecule has 0 aliphatic carbocycles. The number of hydrogen-bond donors (Lipinski definition) is 1. The molecule has 0 saturated carbocycles. The lowest BCUT2D eigenvalue weighted by Crippen LogP contribution is -2.52. The highest BCUT2D eigenvalue weighted by atomic mass is 19.1. The van der Waals surface area contributed by atoms with Gasteiger partial charge in [0.1, 0.15) is 11.6 Å². The molecule has 2 rings (SSSR count). The van der Waals surface area contributed by atoms with Crippen LogP contribution in [-0.2, 0) is 10.2 Å². The van der Waals surface area contributed by atoms with Gasteiger partial charge >= 0.3 is 0 Å². The van der Waals surface area contributed by atoms with Gasteiger partial charge in [0.25, 0.3) is 0 Å². The van der Waals surface area contributed by atoms with E-state index in [0.717, 1.165) is 17.7 Å². The Bertz CT molecular complexity index is 418. The van der Waals surface area contributed by atoms with Crippen LogP contribution in [0.3, 0.4) is 0 Å². The highest BCUT2D eigenvalue weighted by Gasteiger charge is 2.46. The molecule has 1 fully saturated rings. The van der Waals surface area contributed by atoms with Crippen LogP contribution >= 0.6 is 0 Å². The Morgan fingerprint density at radius 2 is 2.22 bits per heavy atom. The smallest absolute Gasteiger partial charge is 0.123 e. The summed E-state index contributed by atoms with van der Waals surface area (Å²) in [6, 6.07) is 4.66. The van der Waals surface area contributed by atoms with Crippen molar-refractivity contribution >= 4 is 0 Å². The van der Waals surface area contributed by atoms with Gasteiger partial charge in [-0.2, -0.15) is 0 Å². The van der Waals surface area contributed by atoms with E-state index in [1.165, 1.54) is 6.07 Å². The van der Waals surface area contributed by atoms with E-state index in [-0.39, 0.29) is 11.2 Å². The number of nitrogens with two attached hydrogens (primary N) is 1. The number of hydrogen-bond acceptors (Lipinski definition) is 3. The maximum Gasteiger partial charge on any atom is 0.123 e. The molecule has 1 saturated heterocycles. The lowest BCUT2D eigenvalue weighted by atomic mass is 9.68. The maximum atomic E-state index is 13.5. The molecule has 1 aromatic carbocycles. The van der Waals surface area contributed by atoms with Gasteiger partial charge in [0.2, 0.25) is 0 Å². The average molecular weight is 253 g/mol. The molecule has 0 radical (unpaired) electrons. The number of methoxy groups -OCH3 is 1. The Morgan fingerprint density at radius 3 is 2.72 bits per heavy atom. The van der Waals surface area contributed by atoms with Gasteiger partial charge in [-0.05, 0) is 37.1 Å². The molecule has 1 aliphatic rings. The second-order valence-corrected chi connectivity index (χ2v) is 4.97. The number of halogens is 1. The molecule has 1 unspecified atom stereocenters. The maximum absolute atomic E-state index is 13.5. The Kier molecular flexibility index (Phi) is 3.88. The largest absolute Gasteiger partial charge is 0.496 e. The van der Waals surface area contributed by atoms with Gasteiger partial charge in [-0.15, -0.1) is 0 Å². The minimum atomic E-state index is -0.239. The van der Waals surface area contributed by atoms with Gasteiger partial charge in [0, 0.05) is 11.0 Å². The molecule has 1 heterocycles. The van der Waals surface area contributed by atoms with Crippen molar-refractivity contribution in [2.75, 3.05) is 26.9 Å². The van der Waals surface area contributed by atoms with Crippen LogP contribution in [0.5, 0.6) is 5.75 Å². The van der Waals surface area contributed by atoms with Gasteiger partial charge in [0.05, 0.1) is 20.3 Å². The summed E-state index contributed by atoms with van der Waals surface area (Å²) in [4.78, 5) is 0. The first-order valence-corrected chi connectivity index (χ1v) is 6.26. The first-order valence-electron chi connectivity index (χ1n) is 6.26. The Hall–Kier alpha value is -1.13. The molecule has 18 heavy (non-hydrogen) atoms. The second-order valence-electron chi connectivity index (χ2n) is 4.97. The van der Waals surface area contributed by atoms with Crippen molar-refractivity contribution in [2.45, 2.75) is 18.8 Å². The van der Waals surface area contributed by atoms with E-state index >= 15 is 0 Å². The zero-order valence-corrected chi connectivity index (χ0v) is 10.9. The molecule has 1 aromatic rings. The van der Waals surface area contributed by atoms with Crippen molar-refractivity contribution in [2.24, 2.45) is 11.7 Å². The summed E-state index contributed by atoms with van der Waals surface area (Å²) in [5.41, 5.74) is 6.38. The van der Waals surface area contributed by atoms with E-state index in [1.54, 1.807) is 19.2 Å². The summed E-state index contributed by atoms with van der Waals surface area (Å²) in [5.74, 6) is 0.826. The van der Waals surface area contributed by atoms with E-state index < -0.39 is 0 Å². The van der Waals surface area contributed by atoms with Crippen molar-refractivity contribution < 1.29 is 13.9 Å². The molecule has 0 spiro atoms.